The van der Waals surface area contributed by atoms with E-state index in [1.54, 1.807) is 0 Å². The van der Waals surface area contributed by atoms with Crippen molar-refractivity contribution in [3.05, 3.63) is 0 Å². The Morgan fingerprint density at radius 3 is 2.12 bits per heavy atom. The molecule has 0 atom stereocenters. The topological polar surface area (TPSA) is 24.5 Å². The summed E-state index contributed by atoms with van der Waals surface area (Å²) < 4.78 is 5.30. The van der Waals surface area contributed by atoms with E-state index < -0.39 is 0 Å². The van der Waals surface area contributed by atoms with E-state index >= 15 is 0 Å². The molecule has 0 heterocycles. The monoisotopic (exact) mass is 244 g/mol. The minimum absolute atomic E-state index is 0.846. The maximum absolute atomic E-state index is 5.30. The summed E-state index contributed by atoms with van der Waals surface area (Å²) in [7, 11) is 0. The predicted molar refractivity (Wildman–Crippen MR) is 75.6 cm³/mol. The molecule has 0 bridgehead atoms. The molecular weight excluding hydrogens is 212 g/mol. The van der Waals surface area contributed by atoms with Gasteiger partial charge in [-0.1, -0.05) is 13.8 Å². The van der Waals surface area contributed by atoms with Gasteiger partial charge in [0.2, 0.25) is 0 Å². The lowest BCUT2D eigenvalue weighted by Gasteiger charge is -2.17. The van der Waals surface area contributed by atoms with Crippen LogP contribution in [0.25, 0.3) is 0 Å². The van der Waals surface area contributed by atoms with Crippen molar-refractivity contribution in [3.63, 3.8) is 0 Å². The van der Waals surface area contributed by atoms with Gasteiger partial charge in [-0.3, -0.25) is 0 Å². The van der Waals surface area contributed by atoms with Gasteiger partial charge in [-0.25, -0.2) is 0 Å². The average Bonchev–Trinajstić information content (AvgIpc) is 2.36. The first-order chi connectivity index (χ1) is 8.35. The lowest BCUT2D eigenvalue weighted by atomic mass is 10.2. The van der Waals surface area contributed by atoms with E-state index in [-0.39, 0.29) is 0 Å². The summed E-state index contributed by atoms with van der Waals surface area (Å²) in [6.45, 7) is 14.2. The Morgan fingerprint density at radius 2 is 1.53 bits per heavy atom. The van der Waals surface area contributed by atoms with Gasteiger partial charge in [0.25, 0.3) is 0 Å². The molecule has 0 fully saturated rings. The zero-order valence-electron chi connectivity index (χ0n) is 12.1. The number of rotatable bonds is 13. The Bertz CT molecular complexity index is 138. The van der Waals surface area contributed by atoms with Gasteiger partial charge >= 0.3 is 0 Å². The van der Waals surface area contributed by atoms with Gasteiger partial charge in [-0.05, 0) is 65.3 Å². The molecule has 3 heteroatoms. The maximum atomic E-state index is 5.30. The molecule has 0 spiro atoms. The summed E-state index contributed by atoms with van der Waals surface area (Å²) in [6.07, 6.45) is 5.02. The fraction of sp³-hybridized carbons (Fsp3) is 1.00. The lowest BCUT2D eigenvalue weighted by molar-refractivity contribution is 0.143. The number of hydrogen-bond acceptors (Lipinski definition) is 3. The highest BCUT2D eigenvalue weighted by Gasteiger charge is 1.97. The first kappa shape index (κ1) is 16.9. The molecule has 104 valence electrons. The molecule has 0 aliphatic carbocycles. The molecule has 3 nitrogen and oxygen atoms in total. The molecule has 0 unspecified atom stereocenters. The lowest BCUT2D eigenvalue weighted by Crippen LogP contribution is -2.25. The normalized spacial score (nSPS) is 11.3. The second-order valence-corrected chi connectivity index (χ2v) is 4.39. The first-order valence-corrected chi connectivity index (χ1v) is 7.35. The van der Waals surface area contributed by atoms with E-state index in [0.717, 1.165) is 26.3 Å². The van der Waals surface area contributed by atoms with Crippen molar-refractivity contribution in [2.24, 2.45) is 0 Å². The van der Waals surface area contributed by atoms with Crippen molar-refractivity contribution in [2.45, 2.75) is 46.5 Å². The van der Waals surface area contributed by atoms with Crippen LogP contribution in [0.1, 0.15) is 46.5 Å². The highest BCUT2D eigenvalue weighted by atomic mass is 16.5. The van der Waals surface area contributed by atoms with Crippen LogP contribution in [0.4, 0.5) is 0 Å². The molecule has 0 saturated heterocycles. The highest BCUT2D eigenvalue weighted by Crippen LogP contribution is 1.94. The summed E-state index contributed by atoms with van der Waals surface area (Å²) in [5.74, 6) is 0. The van der Waals surface area contributed by atoms with Gasteiger partial charge in [0.15, 0.2) is 0 Å². The number of nitrogens with zero attached hydrogens (tertiary/aromatic N) is 1. The van der Waals surface area contributed by atoms with E-state index in [9.17, 15) is 0 Å². The number of nitrogens with one attached hydrogen (secondary N) is 1. The van der Waals surface area contributed by atoms with Gasteiger partial charge in [0, 0.05) is 13.2 Å². The van der Waals surface area contributed by atoms with Crippen LogP contribution in [0, 0.1) is 0 Å². The SMILES string of the molecule is CCOCCCCNCCCCN(CC)CC. The summed E-state index contributed by atoms with van der Waals surface area (Å²) in [4.78, 5) is 2.49. The molecule has 1 N–H and O–H groups in total. The standard InChI is InChI=1S/C14H32N2O/c1-4-16(5-2)13-9-7-11-15-12-8-10-14-17-6-3/h15H,4-14H2,1-3H3. The number of hydrogen-bond donors (Lipinski definition) is 1. The van der Waals surface area contributed by atoms with Crippen molar-refractivity contribution >= 4 is 0 Å². The van der Waals surface area contributed by atoms with E-state index in [2.05, 4.69) is 24.1 Å². The van der Waals surface area contributed by atoms with Crippen LogP contribution in [0.5, 0.6) is 0 Å². The summed E-state index contributed by atoms with van der Waals surface area (Å²) in [5.41, 5.74) is 0. The predicted octanol–water partition coefficient (Wildman–Crippen LogP) is 2.51. The third-order valence-electron chi connectivity index (χ3n) is 3.07. The minimum atomic E-state index is 0.846. The smallest absolute Gasteiger partial charge is 0.0466 e. The van der Waals surface area contributed by atoms with Crippen LogP contribution in [-0.4, -0.2) is 50.8 Å². The molecule has 0 saturated carbocycles. The van der Waals surface area contributed by atoms with Gasteiger partial charge in [-0.15, -0.1) is 0 Å². The first-order valence-electron chi connectivity index (χ1n) is 7.35. The zero-order chi connectivity index (χ0) is 12.8. The second-order valence-electron chi connectivity index (χ2n) is 4.39. The molecule has 0 radical (unpaired) electrons. The largest absolute Gasteiger partial charge is 0.382 e. The number of ether oxygens (including phenoxy) is 1. The van der Waals surface area contributed by atoms with E-state index in [4.69, 9.17) is 4.74 Å². The molecule has 0 aromatic rings. The van der Waals surface area contributed by atoms with Crippen molar-refractivity contribution in [3.8, 4) is 0 Å². The van der Waals surface area contributed by atoms with Crippen molar-refractivity contribution < 1.29 is 4.74 Å². The van der Waals surface area contributed by atoms with E-state index in [1.165, 1.54) is 45.3 Å². The van der Waals surface area contributed by atoms with Crippen LogP contribution in [0.3, 0.4) is 0 Å². The van der Waals surface area contributed by atoms with Crippen molar-refractivity contribution in [2.75, 3.05) is 45.9 Å². The van der Waals surface area contributed by atoms with Crippen LogP contribution in [-0.2, 0) is 4.74 Å². The Balaban J connectivity index is 3.03. The second kappa shape index (κ2) is 13.9. The summed E-state index contributed by atoms with van der Waals surface area (Å²) in [6, 6.07) is 0. The molecule has 0 amide bonds. The van der Waals surface area contributed by atoms with Gasteiger partial charge < -0.3 is 15.0 Å². The Hall–Kier alpha value is -0.120. The summed E-state index contributed by atoms with van der Waals surface area (Å²) in [5, 5.41) is 3.50. The minimum Gasteiger partial charge on any atom is -0.382 e. The van der Waals surface area contributed by atoms with E-state index in [0.29, 0.717) is 0 Å². The zero-order valence-corrected chi connectivity index (χ0v) is 12.1. The highest BCUT2D eigenvalue weighted by molar-refractivity contribution is 4.54. The molecule has 0 aliphatic heterocycles. The van der Waals surface area contributed by atoms with Crippen LogP contribution in [0.2, 0.25) is 0 Å². The van der Waals surface area contributed by atoms with Crippen LogP contribution >= 0.6 is 0 Å². The van der Waals surface area contributed by atoms with Gasteiger partial charge in [0.05, 0.1) is 0 Å². The third-order valence-corrected chi connectivity index (χ3v) is 3.07. The Kier molecular flexibility index (Phi) is 13.8. The van der Waals surface area contributed by atoms with E-state index in [1.807, 2.05) is 6.92 Å². The molecule has 0 rings (SSSR count). The van der Waals surface area contributed by atoms with Gasteiger partial charge in [0.1, 0.15) is 0 Å². The average molecular weight is 244 g/mol. The summed E-state index contributed by atoms with van der Waals surface area (Å²) >= 11 is 0. The maximum Gasteiger partial charge on any atom is 0.0466 e. The fourth-order valence-corrected chi connectivity index (χ4v) is 1.85. The third kappa shape index (κ3) is 12.1. The number of unbranched alkanes of at least 4 members (excludes halogenated alkanes) is 2. The van der Waals surface area contributed by atoms with Crippen molar-refractivity contribution in [1.29, 1.82) is 0 Å². The fourth-order valence-electron chi connectivity index (χ4n) is 1.85. The molecular formula is C14H32N2O. The van der Waals surface area contributed by atoms with Gasteiger partial charge in [-0.2, -0.15) is 0 Å². The Labute approximate surface area is 108 Å². The van der Waals surface area contributed by atoms with Crippen LogP contribution < -0.4 is 5.32 Å². The quantitative estimate of drug-likeness (QED) is 0.504. The molecule has 0 aromatic carbocycles. The molecule has 0 aromatic heterocycles. The Morgan fingerprint density at radius 1 is 0.882 bits per heavy atom. The molecule has 0 aliphatic rings. The van der Waals surface area contributed by atoms with Crippen molar-refractivity contribution in [1.82, 2.24) is 10.2 Å². The van der Waals surface area contributed by atoms with Crippen LogP contribution in [0.15, 0.2) is 0 Å². The molecule has 17 heavy (non-hydrogen) atoms.